The molecule has 2 aromatic rings. The van der Waals surface area contributed by atoms with Gasteiger partial charge in [0.25, 0.3) is 0 Å². The number of hydrogen-bond acceptors (Lipinski definition) is 4. The van der Waals surface area contributed by atoms with Gasteiger partial charge in [-0.05, 0) is 67.8 Å². The lowest BCUT2D eigenvalue weighted by molar-refractivity contribution is -0.153. The average molecular weight is 423 g/mol. The van der Waals surface area contributed by atoms with Crippen LogP contribution in [0, 0.1) is 17.8 Å². The number of nitrogens with one attached hydrogen (secondary N) is 1. The second-order valence-corrected chi connectivity index (χ2v) is 10.6. The number of likely N-dealkylation sites (tertiary alicyclic amines) is 1. The van der Waals surface area contributed by atoms with Crippen molar-refractivity contribution in [3.63, 3.8) is 0 Å². The molecule has 158 valence electrons. The smallest absolute Gasteiger partial charge is 0.226 e. The molecule has 4 heterocycles. The van der Waals surface area contributed by atoms with E-state index in [1.807, 2.05) is 11.3 Å². The SMILES string of the molecule is O=C([C@@H]1C[C@H]2CCNC[C@H]21)N1CCC2(CC1)OCCc1sc(-c3ccccc3)cc12. The molecule has 1 N–H and O–H groups in total. The lowest BCUT2D eigenvalue weighted by Crippen LogP contribution is -2.56. The number of benzene rings is 1. The van der Waals surface area contributed by atoms with Gasteiger partial charge < -0.3 is 15.0 Å². The van der Waals surface area contributed by atoms with Crippen LogP contribution in [0.15, 0.2) is 36.4 Å². The van der Waals surface area contributed by atoms with Crippen molar-refractivity contribution >= 4 is 17.2 Å². The number of ether oxygens (including phenoxy) is 1. The first kappa shape index (κ1) is 19.0. The molecule has 6 rings (SSSR count). The molecular weight excluding hydrogens is 392 g/mol. The Labute approximate surface area is 182 Å². The van der Waals surface area contributed by atoms with Gasteiger partial charge in [0, 0.05) is 35.2 Å². The molecule has 30 heavy (non-hydrogen) atoms. The second-order valence-electron chi connectivity index (χ2n) is 9.49. The highest BCUT2D eigenvalue weighted by atomic mass is 32.1. The van der Waals surface area contributed by atoms with E-state index in [0.29, 0.717) is 11.8 Å². The minimum atomic E-state index is -0.192. The third-order valence-electron chi connectivity index (χ3n) is 8.02. The van der Waals surface area contributed by atoms with Crippen LogP contribution in [0.5, 0.6) is 0 Å². The first-order chi connectivity index (χ1) is 14.7. The fourth-order valence-corrected chi connectivity index (χ4v) is 7.42. The highest BCUT2D eigenvalue weighted by Crippen LogP contribution is 2.48. The summed E-state index contributed by atoms with van der Waals surface area (Å²) in [5.74, 6) is 2.01. The van der Waals surface area contributed by atoms with E-state index in [1.165, 1.54) is 27.3 Å². The summed E-state index contributed by atoms with van der Waals surface area (Å²) in [4.78, 5) is 18.2. The summed E-state index contributed by atoms with van der Waals surface area (Å²) in [5.41, 5.74) is 2.49. The molecule has 0 unspecified atom stereocenters. The van der Waals surface area contributed by atoms with Crippen LogP contribution >= 0.6 is 11.3 Å². The lowest BCUT2D eigenvalue weighted by Gasteiger charge is -2.50. The van der Waals surface area contributed by atoms with Gasteiger partial charge >= 0.3 is 0 Å². The van der Waals surface area contributed by atoms with E-state index in [0.717, 1.165) is 64.4 Å². The summed E-state index contributed by atoms with van der Waals surface area (Å²) in [7, 11) is 0. The molecule has 3 atom stereocenters. The maximum absolute atomic E-state index is 13.2. The number of hydrogen-bond donors (Lipinski definition) is 1. The molecule has 1 spiro atoms. The predicted molar refractivity (Wildman–Crippen MR) is 119 cm³/mol. The number of fused-ring (bicyclic) bond motifs is 3. The number of carbonyl (C=O) groups excluding carboxylic acids is 1. The van der Waals surface area contributed by atoms with Crippen LogP contribution < -0.4 is 5.32 Å². The van der Waals surface area contributed by atoms with Crippen LogP contribution in [-0.4, -0.2) is 43.6 Å². The highest BCUT2D eigenvalue weighted by molar-refractivity contribution is 7.15. The predicted octanol–water partition coefficient (Wildman–Crippen LogP) is 4.05. The van der Waals surface area contributed by atoms with Crippen LogP contribution in [0.3, 0.4) is 0 Å². The lowest BCUT2D eigenvalue weighted by atomic mass is 9.61. The number of amides is 1. The zero-order chi connectivity index (χ0) is 20.1. The molecule has 3 fully saturated rings. The number of nitrogens with zero attached hydrogens (tertiary/aromatic N) is 1. The molecule has 1 aliphatic carbocycles. The third kappa shape index (κ3) is 3.05. The van der Waals surface area contributed by atoms with Crippen molar-refractivity contribution in [2.45, 2.75) is 37.7 Å². The van der Waals surface area contributed by atoms with Gasteiger partial charge in [-0.25, -0.2) is 0 Å². The Morgan fingerprint density at radius 3 is 2.83 bits per heavy atom. The number of thiophene rings is 1. The highest BCUT2D eigenvalue weighted by Gasteiger charge is 2.49. The topological polar surface area (TPSA) is 41.6 Å². The Morgan fingerprint density at radius 1 is 1.20 bits per heavy atom. The maximum atomic E-state index is 13.2. The van der Waals surface area contributed by atoms with E-state index < -0.39 is 0 Å². The van der Waals surface area contributed by atoms with Crippen LogP contribution in [-0.2, 0) is 21.6 Å². The Kier molecular flexibility index (Phi) is 4.74. The van der Waals surface area contributed by atoms with Crippen molar-refractivity contribution < 1.29 is 9.53 Å². The molecule has 1 aromatic heterocycles. The van der Waals surface area contributed by atoms with Gasteiger partial charge in [-0.2, -0.15) is 0 Å². The fraction of sp³-hybridized carbons (Fsp3) is 0.560. The largest absolute Gasteiger partial charge is 0.370 e. The number of rotatable bonds is 2. The van der Waals surface area contributed by atoms with Gasteiger partial charge in [0.1, 0.15) is 0 Å². The maximum Gasteiger partial charge on any atom is 0.226 e. The zero-order valence-electron chi connectivity index (χ0n) is 17.4. The molecular formula is C25H30N2O2S. The van der Waals surface area contributed by atoms with E-state index in [9.17, 15) is 4.79 Å². The molecule has 0 radical (unpaired) electrons. The molecule has 1 amide bonds. The Hall–Kier alpha value is -1.69. The van der Waals surface area contributed by atoms with Gasteiger partial charge in [-0.1, -0.05) is 30.3 Å². The molecule has 5 heteroatoms. The number of piperidine rings is 2. The minimum Gasteiger partial charge on any atom is -0.370 e. The van der Waals surface area contributed by atoms with E-state index in [1.54, 1.807) is 0 Å². The number of carbonyl (C=O) groups is 1. The van der Waals surface area contributed by atoms with Crippen LogP contribution in [0.2, 0.25) is 0 Å². The van der Waals surface area contributed by atoms with Crippen molar-refractivity contribution in [1.29, 1.82) is 0 Å². The van der Waals surface area contributed by atoms with Gasteiger partial charge in [-0.15, -0.1) is 11.3 Å². The van der Waals surface area contributed by atoms with Gasteiger partial charge in [0.2, 0.25) is 5.91 Å². The summed E-state index contributed by atoms with van der Waals surface area (Å²) in [6.45, 7) is 4.61. The molecule has 0 bridgehead atoms. The minimum absolute atomic E-state index is 0.192. The first-order valence-corrected chi connectivity index (χ1v) is 12.4. The normalized spacial score (nSPS) is 29.7. The van der Waals surface area contributed by atoms with E-state index >= 15 is 0 Å². The summed E-state index contributed by atoms with van der Waals surface area (Å²) in [6.07, 6.45) is 5.22. The molecule has 1 saturated carbocycles. The zero-order valence-corrected chi connectivity index (χ0v) is 18.3. The van der Waals surface area contributed by atoms with Crippen molar-refractivity contribution in [1.82, 2.24) is 10.2 Å². The monoisotopic (exact) mass is 422 g/mol. The van der Waals surface area contributed by atoms with Gasteiger partial charge in [-0.3, -0.25) is 4.79 Å². The van der Waals surface area contributed by atoms with Crippen LogP contribution in [0.25, 0.3) is 10.4 Å². The van der Waals surface area contributed by atoms with E-state index in [4.69, 9.17) is 4.74 Å². The van der Waals surface area contributed by atoms with Crippen molar-refractivity contribution in [3.05, 3.63) is 46.8 Å². The van der Waals surface area contributed by atoms with Gasteiger partial charge in [0.15, 0.2) is 0 Å². The molecule has 3 aliphatic heterocycles. The standard InChI is InChI=1S/C25H30N2O2S/c28-24(19-14-18-6-10-26-16-20(18)19)27-11-8-25(9-12-27)21-15-23(17-4-2-1-3-5-17)30-22(21)7-13-29-25/h1-5,15,18-20,26H,6-14,16H2/t18-,19-,20-/m1/s1. The summed E-state index contributed by atoms with van der Waals surface area (Å²) < 4.78 is 6.46. The quantitative estimate of drug-likeness (QED) is 0.794. The average Bonchev–Trinajstić information content (AvgIpc) is 3.22. The fourth-order valence-electron chi connectivity index (χ4n) is 6.19. The molecule has 4 nitrogen and oxygen atoms in total. The Morgan fingerprint density at radius 2 is 2.03 bits per heavy atom. The summed E-state index contributed by atoms with van der Waals surface area (Å²) in [5, 5.41) is 3.49. The summed E-state index contributed by atoms with van der Waals surface area (Å²) in [6, 6.07) is 13.0. The van der Waals surface area contributed by atoms with Crippen LogP contribution in [0.4, 0.5) is 0 Å². The molecule has 1 aromatic carbocycles. The Bertz CT molecular complexity index is 932. The Balaban J connectivity index is 1.18. The first-order valence-electron chi connectivity index (χ1n) is 11.6. The van der Waals surface area contributed by atoms with Crippen LogP contribution in [0.1, 0.15) is 36.1 Å². The molecule has 4 aliphatic rings. The van der Waals surface area contributed by atoms with Gasteiger partial charge in [0.05, 0.1) is 12.2 Å². The summed E-state index contributed by atoms with van der Waals surface area (Å²) >= 11 is 1.93. The molecule has 2 saturated heterocycles. The van der Waals surface area contributed by atoms with Crippen molar-refractivity contribution in [2.24, 2.45) is 17.8 Å². The van der Waals surface area contributed by atoms with E-state index in [2.05, 4.69) is 46.6 Å². The second kappa shape index (κ2) is 7.47. The third-order valence-corrected chi connectivity index (χ3v) is 9.26. The van der Waals surface area contributed by atoms with Crippen molar-refractivity contribution in [3.8, 4) is 10.4 Å². The van der Waals surface area contributed by atoms with E-state index in [-0.39, 0.29) is 11.5 Å². The van der Waals surface area contributed by atoms with Crippen molar-refractivity contribution in [2.75, 3.05) is 32.8 Å².